The van der Waals surface area contributed by atoms with Crippen molar-refractivity contribution in [3.63, 3.8) is 0 Å². The maximum atomic E-state index is 13.2. The molecule has 1 saturated heterocycles. The summed E-state index contributed by atoms with van der Waals surface area (Å²) in [5.74, 6) is -0.854. The molecule has 7 nitrogen and oxygen atoms in total. The fourth-order valence-corrected chi connectivity index (χ4v) is 4.58. The molecule has 1 aliphatic heterocycles. The summed E-state index contributed by atoms with van der Waals surface area (Å²) >= 11 is 0. The van der Waals surface area contributed by atoms with Crippen molar-refractivity contribution < 1.29 is 31.2 Å². The lowest BCUT2D eigenvalue weighted by atomic mass is 10.2. The quantitative estimate of drug-likeness (QED) is 0.721. The number of benzene rings is 2. The molecular formula is C21H22F3N3O4S. The lowest BCUT2D eigenvalue weighted by molar-refractivity contribution is -0.137. The first-order valence-electron chi connectivity index (χ1n) is 9.84. The van der Waals surface area contributed by atoms with Crippen LogP contribution in [0, 0.1) is 6.92 Å². The number of amides is 3. The van der Waals surface area contributed by atoms with Gasteiger partial charge in [-0.05, 0) is 56.2 Å². The molecule has 172 valence electrons. The van der Waals surface area contributed by atoms with Gasteiger partial charge in [-0.15, -0.1) is 0 Å². The summed E-state index contributed by atoms with van der Waals surface area (Å²) < 4.78 is 64.9. The van der Waals surface area contributed by atoms with Gasteiger partial charge in [-0.3, -0.25) is 4.79 Å². The molecule has 0 aliphatic carbocycles. The van der Waals surface area contributed by atoms with Crippen molar-refractivity contribution in [1.82, 2.24) is 9.21 Å². The highest BCUT2D eigenvalue weighted by atomic mass is 32.2. The number of sulfonamides is 1. The molecule has 1 heterocycles. The second-order valence-electron chi connectivity index (χ2n) is 7.42. The number of rotatable bonds is 5. The van der Waals surface area contributed by atoms with E-state index >= 15 is 0 Å². The first kappa shape index (κ1) is 23.6. The molecule has 32 heavy (non-hydrogen) atoms. The van der Waals surface area contributed by atoms with E-state index in [0.29, 0.717) is 17.4 Å². The molecule has 11 heteroatoms. The highest BCUT2D eigenvalue weighted by Crippen LogP contribution is 2.30. The Labute approximate surface area is 183 Å². The van der Waals surface area contributed by atoms with Crippen LogP contribution < -0.4 is 5.32 Å². The second-order valence-corrected chi connectivity index (χ2v) is 9.29. The van der Waals surface area contributed by atoms with Crippen LogP contribution >= 0.6 is 0 Å². The Morgan fingerprint density at radius 1 is 1.00 bits per heavy atom. The number of anilines is 1. The minimum absolute atomic E-state index is 0.0457. The van der Waals surface area contributed by atoms with Crippen molar-refractivity contribution in [2.24, 2.45) is 0 Å². The molecule has 0 aromatic heterocycles. The Hall–Kier alpha value is -3.08. The smallest absolute Gasteiger partial charge is 0.325 e. The largest absolute Gasteiger partial charge is 0.416 e. The number of nitrogens with zero attached hydrogens (tertiary/aromatic N) is 2. The van der Waals surface area contributed by atoms with Crippen LogP contribution in [0.25, 0.3) is 0 Å². The van der Waals surface area contributed by atoms with E-state index in [1.165, 1.54) is 17.0 Å². The van der Waals surface area contributed by atoms with Gasteiger partial charge in [0.2, 0.25) is 5.91 Å². The van der Waals surface area contributed by atoms with Gasteiger partial charge in [-0.2, -0.15) is 13.2 Å². The standard InChI is InChI=1S/C21H22F3N3O4S/c1-15-4-10-18(11-5-15)32(30,31)27(20(29)26-12-2-3-13-26)14-19(28)25-17-8-6-16(7-9-17)21(22,23)24/h4-11H,2-3,12-14H2,1H3,(H,25,28). The topological polar surface area (TPSA) is 86.8 Å². The predicted molar refractivity (Wildman–Crippen MR) is 111 cm³/mol. The average molecular weight is 469 g/mol. The zero-order chi connectivity index (χ0) is 23.5. The number of urea groups is 1. The summed E-state index contributed by atoms with van der Waals surface area (Å²) in [5, 5.41) is 2.35. The van der Waals surface area contributed by atoms with E-state index in [9.17, 15) is 31.2 Å². The second kappa shape index (κ2) is 9.19. The fourth-order valence-electron chi connectivity index (χ4n) is 3.23. The summed E-state index contributed by atoms with van der Waals surface area (Å²) in [7, 11) is -4.34. The maximum Gasteiger partial charge on any atom is 0.416 e. The summed E-state index contributed by atoms with van der Waals surface area (Å²) in [6.07, 6.45) is -3.08. The molecule has 2 aromatic carbocycles. The average Bonchev–Trinajstić information content (AvgIpc) is 3.26. The Balaban J connectivity index is 1.82. The molecule has 0 unspecified atom stereocenters. The summed E-state index contributed by atoms with van der Waals surface area (Å²) in [6, 6.07) is 8.75. The number of nitrogens with one attached hydrogen (secondary N) is 1. The molecule has 3 rings (SSSR count). The molecule has 0 atom stereocenters. The van der Waals surface area contributed by atoms with Gasteiger partial charge in [0, 0.05) is 18.8 Å². The number of carbonyl (C=O) groups is 2. The van der Waals surface area contributed by atoms with E-state index in [-0.39, 0.29) is 10.6 Å². The normalized spacial score (nSPS) is 14.3. The minimum atomic E-state index is -4.52. The van der Waals surface area contributed by atoms with Crippen LogP contribution in [-0.2, 0) is 21.0 Å². The van der Waals surface area contributed by atoms with Crippen molar-refractivity contribution in [3.8, 4) is 0 Å². The highest BCUT2D eigenvalue weighted by Gasteiger charge is 2.35. The Kier molecular flexibility index (Phi) is 6.77. The van der Waals surface area contributed by atoms with E-state index in [4.69, 9.17) is 0 Å². The summed E-state index contributed by atoms with van der Waals surface area (Å²) in [5.41, 5.74) is -0.0194. The summed E-state index contributed by atoms with van der Waals surface area (Å²) in [6.45, 7) is 1.71. The van der Waals surface area contributed by atoms with Crippen molar-refractivity contribution >= 4 is 27.6 Å². The van der Waals surface area contributed by atoms with Gasteiger partial charge in [0.05, 0.1) is 10.5 Å². The maximum absolute atomic E-state index is 13.2. The van der Waals surface area contributed by atoms with Crippen LogP contribution in [0.3, 0.4) is 0 Å². The van der Waals surface area contributed by atoms with Gasteiger partial charge < -0.3 is 10.2 Å². The van der Waals surface area contributed by atoms with Crippen molar-refractivity contribution in [2.45, 2.75) is 30.8 Å². The molecule has 1 fully saturated rings. The lowest BCUT2D eigenvalue weighted by Gasteiger charge is -2.27. The summed E-state index contributed by atoms with van der Waals surface area (Å²) in [4.78, 5) is 26.7. The zero-order valence-electron chi connectivity index (χ0n) is 17.2. The van der Waals surface area contributed by atoms with Crippen LogP contribution in [-0.4, -0.2) is 49.2 Å². The van der Waals surface area contributed by atoms with Crippen molar-refractivity contribution in [3.05, 3.63) is 59.7 Å². The Bertz CT molecular complexity index is 1080. The lowest BCUT2D eigenvalue weighted by Crippen LogP contribution is -2.48. The van der Waals surface area contributed by atoms with Crippen LogP contribution in [0.5, 0.6) is 0 Å². The monoisotopic (exact) mass is 469 g/mol. The third-order valence-corrected chi connectivity index (χ3v) is 6.72. The molecule has 0 spiro atoms. The molecule has 0 saturated carbocycles. The molecule has 1 aliphatic rings. The van der Waals surface area contributed by atoms with Crippen LogP contribution in [0.2, 0.25) is 0 Å². The molecular weight excluding hydrogens is 447 g/mol. The zero-order valence-corrected chi connectivity index (χ0v) is 18.0. The van der Waals surface area contributed by atoms with Gasteiger partial charge in [0.1, 0.15) is 6.54 Å². The molecule has 0 radical (unpaired) electrons. The van der Waals surface area contributed by atoms with Crippen LogP contribution in [0.15, 0.2) is 53.4 Å². The SMILES string of the molecule is Cc1ccc(S(=O)(=O)N(CC(=O)Nc2ccc(C(F)(F)F)cc2)C(=O)N2CCCC2)cc1. The van der Waals surface area contributed by atoms with Gasteiger partial charge in [0.25, 0.3) is 10.0 Å². The highest BCUT2D eigenvalue weighted by molar-refractivity contribution is 7.89. The van der Waals surface area contributed by atoms with Gasteiger partial charge >= 0.3 is 12.2 Å². The van der Waals surface area contributed by atoms with E-state index in [1.54, 1.807) is 19.1 Å². The first-order valence-corrected chi connectivity index (χ1v) is 11.3. The third kappa shape index (κ3) is 5.39. The first-order chi connectivity index (χ1) is 15.0. The number of carbonyl (C=O) groups excluding carboxylic acids is 2. The van der Waals surface area contributed by atoms with Crippen LogP contribution in [0.4, 0.5) is 23.7 Å². The molecule has 3 amide bonds. The third-order valence-electron chi connectivity index (χ3n) is 4.98. The molecule has 1 N–H and O–H groups in total. The van der Waals surface area contributed by atoms with E-state index in [1.807, 2.05) is 0 Å². The van der Waals surface area contributed by atoms with Crippen LogP contribution in [0.1, 0.15) is 24.0 Å². The molecule has 0 bridgehead atoms. The minimum Gasteiger partial charge on any atom is -0.325 e. The Morgan fingerprint density at radius 3 is 2.09 bits per heavy atom. The predicted octanol–water partition coefficient (Wildman–Crippen LogP) is 3.86. The van der Waals surface area contributed by atoms with E-state index in [2.05, 4.69) is 5.32 Å². The van der Waals surface area contributed by atoms with Gasteiger partial charge in [0.15, 0.2) is 0 Å². The van der Waals surface area contributed by atoms with Gasteiger partial charge in [-0.1, -0.05) is 17.7 Å². The van der Waals surface area contributed by atoms with Crippen molar-refractivity contribution in [2.75, 3.05) is 25.0 Å². The molecule has 2 aromatic rings. The number of hydrogen-bond donors (Lipinski definition) is 1. The van der Waals surface area contributed by atoms with Gasteiger partial charge in [-0.25, -0.2) is 17.5 Å². The fraction of sp³-hybridized carbons (Fsp3) is 0.333. The Morgan fingerprint density at radius 2 is 1.56 bits per heavy atom. The number of aryl methyl sites for hydroxylation is 1. The number of hydrogen-bond acceptors (Lipinski definition) is 4. The van der Waals surface area contributed by atoms with E-state index < -0.39 is 40.2 Å². The number of likely N-dealkylation sites (tertiary alicyclic amines) is 1. The number of alkyl halides is 3. The van der Waals surface area contributed by atoms with E-state index in [0.717, 1.165) is 42.7 Å². The van der Waals surface area contributed by atoms with Crippen molar-refractivity contribution in [1.29, 1.82) is 0 Å². The number of halogens is 3.